The van der Waals surface area contributed by atoms with Crippen molar-refractivity contribution in [2.45, 2.75) is 44.3 Å². The van der Waals surface area contributed by atoms with E-state index in [1.165, 1.54) is 6.07 Å². The van der Waals surface area contributed by atoms with Gasteiger partial charge in [0.05, 0.1) is 6.10 Å². The van der Waals surface area contributed by atoms with Gasteiger partial charge in [0.2, 0.25) is 0 Å². The molecule has 0 bridgehead atoms. The Morgan fingerprint density at radius 1 is 1.32 bits per heavy atom. The van der Waals surface area contributed by atoms with E-state index in [0.717, 1.165) is 18.8 Å². The van der Waals surface area contributed by atoms with Crippen LogP contribution in [-0.2, 0) is 0 Å². The normalized spacial score (nSPS) is 25.5. The van der Waals surface area contributed by atoms with E-state index in [2.05, 4.69) is 18.7 Å². The van der Waals surface area contributed by atoms with Crippen molar-refractivity contribution in [3.8, 4) is 0 Å². The van der Waals surface area contributed by atoms with E-state index in [1.54, 1.807) is 13.8 Å². The summed E-state index contributed by atoms with van der Waals surface area (Å²) in [6, 6.07) is 3.35. The minimum atomic E-state index is -0.648. The second kappa shape index (κ2) is 5.71. The van der Waals surface area contributed by atoms with Gasteiger partial charge in [-0.1, -0.05) is 13.8 Å². The zero-order valence-electron chi connectivity index (χ0n) is 12.0. The van der Waals surface area contributed by atoms with Gasteiger partial charge in [0.25, 0.3) is 0 Å². The van der Waals surface area contributed by atoms with E-state index in [-0.39, 0.29) is 5.82 Å². The second-order valence-corrected chi connectivity index (χ2v) is 7.38. The number of nitrogens with zero attached hydrogens (tertiary/aromatic N) is 1. The van der Waals surface area contributed by atoms with E-state index in [9.17, 15) is 9.50 Å². The molecule has 0 amide bonds. The topological polar surface area (TPSA) is 23.5 Å². The molecule has 1 N–H and O–H groups in total. The van der Waals surface area contributed by atoms with Crippen LogP contribution in [0.25, 0.3) is 0 Å². The van der Waals surface area contributed by atoms with Crippen molar-refractivity contribution >= 4 is 17.4 Å². The first kappa shape index (κ1) is 14.7. The van der Waals surface area contributed by atoms with Crippen LogP contribution >= 0.6 is 11.8 Å². The van der Waals surface area contributed by atoms with Gasteiger partial charge in [0, 0.05) is 34.8 Å². The molecule has 0 spiro atoms. The van der Waals surface area contributed by atoms with Crippen molar-refractivity contribution in [3.05, 3.63) is 29.1 Å². The van der Waals surface area contributed by atoms with Crippen LogP contribution in [0, 0.1) is 12.7 Å². The summed E-state index contributed by atoms with van der Waals surface area (Å²) >= 11 is 1.98. The number of hydrogen-bond donors (Lipinski definition) is 1. The van der Waals surface area contributed by atoms with Crippen LogP contribution in [0.1, 0.15) is 38.0 Å². The highest BCUT2D eigenvalue weighted by atomic mass is 32.2. The molecule has 19 heavy (non-hydrogen) atoms. The molecule has 0 radical (unpaired) electrons. The molecule has 0 aliphatic carbocycles. The molecule has 1 aromatic carbocycles. The number of aliphatic hydroxyl groups excluding tert-OH is 1. The molecule has 1 fully saturated rings. The number of rotatable bonds is 2. The zero-order valence-corrected chi connectivity index (χ0v) is 12.8. The monoisotopic (exact) mass is 283 g/mol. The summed E-state index contributed by atoms with van der Waals surface area (Å²) in [6.07, 6.45) is -0.648. The third kappa shape index (κ3) is 3.23. The number of thioether (sulfide) groups is 1. The fourth-order valence-electron chi connectivity index (χ4n) is 2.66. The number of anilines is 1. The lowest BCUT2D eigenvalue weighted by Crippen LogP contribution is -2.41. The maximum Gasteiger partial charge on any atom is 0.126 e. The lowest BCUT2D eigenvalue weighted by molar-refractivity contribution is 0.199. The van der Waals surface area contributed by atoms with Crippen LogP contribution in [0.3, 0.4) is 0 Å². The molecule has 1 aliphatic rings. The van der Waals surface area contributed by atoms with Crippen LogP contribution < -0.4 is 4.90 Å². The van der Waals surface area contributed by atoms with Gasteiger partial charge in [-0.05, 0) is 31.5 Å². The summed E-state index contributed by atoms with van der Waals surface area (Å²) in [7, 11) is 0. The van der Waals surface area contributed by atoms with Crippen LogP contribution in [0.4, 0.5) is 10.1 Å². The third-order valence-corrected chi connectivity index (χ3v) is 4.75. The maximum absolute atomic E-state index is 13.7. The van der Waals surface area contributed by atoms with E-state index in [0.29, 0.717) is 21.6 Å². The largest absolute Gasteiger partial charge is 0.389 e. The van der Waals surface area contributed by atoms with Gasteiger partial charge in [0.15, 0.2) is 0 Å². The molecule has 4 heteroatoms. The summed E-state index contributed by atoms with van der Waals surface area (Å²) in [5.41, 5.74) is 2.31. The first-order valence-electron chi connectivity index (χ1n) is 6.77. The highest BCUT2D eigenvalue weighted by Gasteiger charge is 2.25. The minimum absolute atomic E-state index is 0.243. The Morgan fingerprint density at radius 3 is 2.42 bits per heavy atom. The zero-order chi connectivity index (χ0) is 14.2. The molecule has 2 unspecified atom stereocenters. The van der Waals surface area contributed by atoms with Gasteiger partial charge < -0.3 is 10.0 Å². The minimum Gasteiger partial charge on any atom is -0.389 e. The Bertz CT molecular complexity index is 454. The quantitative estimate of drug-likeness (QED) is 0.898. The average molecular weight is 283 g/mol. The summed E-state index contributed by atoms with van der Waals surface area (Å²) < 4.78 is 13.7. The van der Waals surface area contributed by atoms with E-state index < -0.39 is 6.10 Å². The lowest BCUT2D eigenvalue weighted by atomic mass is 10.0. The molecule has 3 atom stereocenters. The van der Waals surface area contributed by atoms with E-state index >= 15 is 0 Å². The number of hydrogen-bond acceptors (Lipinski definition) is 3. The Labute approximate surface area is 119 Å². The Balaban J connectivity index is 2.40. The molecule has 1 heterocycles. The molecular weight excluding hydrogens is 261 g/mol. The molecule has 0 aromatic heterocycles. The fraction of sp³-hybridized carbons (Fsp3) is 0.600. The third-order valence-electron chi connectivity index (χ3n) is 3.52. The summed E-state index contributed by atoms with van der Waals surface area (Å²) in [4.78, 5) is 2.28. The molecule has 1 saturated heterocycles. The molecule has 106 valence electrons. The average Bonchev–Trinajstić information content (AvgIpc) is 2.30. The number of halogens is 1. The molecular formula is C15H22FNOS. The molecule has 0 saturated carbocycles. The van der Waals surface area contributed by atoms with Crippen LogP contribution in [0.15, 0.2) is 12.1 Å². The molecule has 2 nitrogen and oxygen atoms in total. The Hall–Kier alpha value is -0.740. The number of aliphatic hydroxyl groups is 1. The van der Waals surface area contributed by atoms with Crippen molar-refractivity contribution < 1.29 is 9.50 Å². The molecule has 1 aromatic rings. The van der Waals surface area contributed by atoms with Gasteiger partial charge in [0.1, 0.15) is 5.82 Å². The summed E-state index contributed by atoms with van der Waals surface area (Å²) in [5.74, 6) is -0.243. The first-order chi connectivity index (χ1) is 8.88. The van der Waals surface area contributed by atoms with Crippen LogP contribution in [0.2, 0.25) is 0 Å². The highest BCUT2D eigenvalue weighted by Crippen LogP contribution is 2.34. The number of benzene rings is 1. The van der Waals surface area contributed by atoms with Crippen molar-refractivity contribution in [3.63, 3.8) is 0 Å². The van der Waals surface area contributed by atoms with Crippen molar-refractivity contribution in [2.24, 2.45) is 0 Å². The summed E-state index contributed by atoms with van der Waals surface area (Å²) in [6.45, 7) is 9.78. The van der Waals surface area contributed by atoms with Gasteiger partial charge in [-0.25, -0.2) is 4.39 Å². The maximum atomic E-state index is 13.7. The van der Waals surface area contributed by atoms with Gasteiger partial charge >= 0.3 is 0 Å². The van der Waals surface area contributed by atoms with Crippen molar-refractivity contribution in [2.75, 3.05) is 18.0 Å². The number of aryl methyl sites for hydroxylation is 1. The van der Waals surface area contributed by atoms with Crippen LogP contribution in [0.5, 0.6) is 0 Å². The van der Waals surface area contributed by atoms with E-state index in [4.69, 9.17) is 0 Å². The summed E-state index contributed by atoms with van der Waals surface area (Å²) in [5, 5.41) is 11.0. The molecule has 1 aliphatic heterocycles. The fourth-order valence-corrected chi connectivity index (χ4v) is 3.99. The molecule has 2 rings (SSSR count). The SMILES string of the molecule is Cc1cc(N2CC(C)SC(C)C2)c([C@H](C)O)cc1F. The standard InChI is InChI=1S/C15H22FNOS/c1-9-5-15(13(12(4)18)6-14(9)16)17-7-10(2)19-11(3)8-17/h5-6,10-12,18H,7-8H2,1-4H3/t10?,11?,12-/m0/s1. The Kier molecular flexibility index (Phi) is 4.41. The predicted octanol–water partition coefficient (Wildman–Crippen LogP) is 3.52. The Morgan fingerprint density at radius 2 is 1.89 bits per heavy atom. The van der Waals surface area contributed by atoms with Gasteiger partial charge in [-0.2, -0.15) is 11.8 Å². The first-order valence-corrected chi connectivity index (χ1v) is 7.71. The van der Waals surface area contributed by atoms with E-state index in [1.807, 2.05) is 17.8 Å². The smallest absolute Gasteiger partial charge is 0.126 e. The lowest BCUT2D eigenvalue weighted by Gasteiger charge is -2.37. The van der Waals surface area contributed by atoms with Gasteiger partial charge in [-0.3, -0.25) is 0 Å². The van der Waals surface area contributed by atoms with Crippen molar-refractivity contribution in [1.82, 2.24) is 0 Å². The van der Waals surface area contributed by atoms with Crippen LogP contribution in [-0.4, -0.2) is 28.7 Å². The predicted molar refractivity (Wildman–Crippen MR) is 80.5 cm³/mol. The highest BCUT2D eigenvalue weighted by molar-refractivity contribution is 8.00. The van der Waals surface area contributed by atoms with Gasteiger partial charge in [-0.15, -0.1) is 0 Å². The second-order valence-electron chi connectivity index (χ2n) is 5.50. The van der Waals surface area contributed by atoms with Crippen molar-refractivity contribution in [1.29, 1.82) is 0 Å².